The first kappa shape index (κ1) is 16.2. The molecular weight excluding hydrogens is 236 g/mol. The topological polar surface area (TPSA) is 38.5 Å². The van der Waals surface area contributed by atoms with Crippen molar-refractivity contribution < 1.29 is 4.74 Å². The molecule has 0 fully saturated rings. The van der Waals surface area contributed by atoms with Gasteiger partial charge in [-0.05, 0) is 38.4 Å². The summed E-state index contributed by atoms with van der Waals surface area (Å²) in [5.41, 5.74) is 7.45. The number of hydrogen-bond acceptors (Lipinski definition) is 3. The van der Waals surface area contributed by atoms with Crippen molar-refractivity contribution in [3.8, 4) is 0 Å². The third-order valence-corrected chi connectivity index (χ3v) is 3.63. The second-order valence-corrected chi connectivity index (χ2v) is 5.09. The average Bonchev–Trinajstić information content (AvgIpc) is 2.44. The third-order valence-electron chi connectivity index (χ3n) is 3.63. The Labute approximate surface area is 117 Å². The fraction of sp³-hybridized carbons (Fsp3) is 0.625. The number of benzene rings is 1. The van der Waals surface area contributed by atoms with Crippen LogP contribution in [0.3, 0.4) is 0 Å². The van der Waals surface area contributed by atoms with Crippen LogP contribution in [0.5, 0.6) is 0 Å². The van der Waals surface area contributed by atoms with Crippen LogP contribution in [0.15, 0.2) is 30.3 Å². The molecule has 0 aromatic heterocycles. The van der Waals surface area contributed by atoms with Gasteiger partial charge in [0.15, 0.2) is 0 Å². The highest BCUT2D eigenvalue weighted by Gasteiger charge is 2.12. The van der Waals surface area contributed by atoms with E-state index >= 15 is 0 Å². The molecule has 0 aliphatic rings. The number of likely N-dealkylation sites (N-methyl/N-ethyl adjacent to an activating group) is 1. The van der Waals surface area contributed by atoms with Gasteiger partial charge in [-0.1, -0.05) is 37.3 Å². The van der Waals surface area contributed by atoms with Gasteiger partial charge < -0.3 is 10.5 Å². The Morgan fingerprint density at radius 3 is 2.53 bits per heavy atom. The number of rotatable bonds is 9. The van der Waals surface area contributed by atoms with Crippen molar-refractivity contribution in [2.75, 3.05) is 26.8 Å². The lowest BCUT2D eigenvalue weighted by Crippen LogP contribution is -2.37. The van der Waals surface area contributed by atoms with Gasteiger partial charge in [-0.2, -0.15) is 0 Å². The van der Waals surface area contributed by atoms with Crippen LogP contribution in [-0.2, 0) is 4.74 Å². The predicted octanol–water partition coefficient (Wildman–Crippen LogP) is 2.82. The first-order valence-electron chi connectivity index (χ1n) is 7.22. The molecule has 1 rings (SSSR count). The summed E-state index contributed by atoms with van der Waals surface area (Å²) in [5.74, 6) is 0. The molecule has 19 heavy (non-hydrogen) atoms. The second-order valence-electron chi connectivity index (χ2n) is 5.09. The van der Waals surface area contributed by atoms with E-state index in [0.717, 1.165) is 32.5 Å². The van der Waals surface area contributed by atoms with E-state index in [9.17, 15) is 0 Å². The minimum Gasteiger partial charge on any atom is -0.383 e. The predicted molar refractivity (Wildman–Crippen MR) is 81.2 cm³/mol. The molecule has 0 heterocycles. The maximum absolute atomic E-state index is 6.21. The van der Waals surface area contributed by atoms with Crippen molar-refractivity contribution >= 4 is 0 Å². The fourth-order valence-corrected chi connectivity index (χ4v) is 2.42. The number of nitrogens with two attached hydrogens (primary N) is 1. The van der Waals surface area contributed by atoms with Crippen LogP contribution in [0.2, 0.25) is 0 Å². The minimum absolute atomic E-state index is 0.151. The molecule has 0 bridgehead atoms. The molecule has 0 aliphatic carbocycles. The quantitative estimate of drug-likeness (QED) is 0.745. The van der Waals surface area contributed by atoms with Crippen LogP contribution in [-0.4, -0.2) is 37.7 Å². The zero-order chi connectivity index (χ0) is 14.1. The van der Waals surface area contributed by atoms with Gasteiger partial charge in [0.25, 0.3) is 0 Å². The van der Waals surface area contributed by atoms with E-state index in [1.54, 1.807) is 7.11 Å². The van der Waals surface area contributed by atoms with Crippen LogP contribution in [0.25, 0.3) is 0 Å². The molecule has 3 heteroatoms. The summed E-state index contributed by atoms with van der Waals surface area (Å²) in [4.78, 5) is 2.45. The van der Waals surface area contributed by atoms with Crippen LogP contribution in [0.1, 0.15) is 38.3 Å². The van der Waals surface area contributed by atoms with Gasteiger partial charge in [-0.15, -0.1) is 0 Å². The summed E-state index contributed by atoms with van der Waals surface area (Å²) in [5, 5.41) is 0. The van der Waals surface area contributed by atoms with E-state index in [1.807, 2.05) is 18.2 Å². The van der Waals surface area contributed by atoms with E-state index in [1.165, 1.54) is 5.56 Å². The normalized spacial score (nSPS) is 14.6. The zero-order valence-corrected chi connectivity index (χ0v) is 12.5. The van der Waals surface area contributed by atoms with Gasteiger partial charge in [0.05, 0.1) is 6.61 Å². The van der Waals surface area contributed by atoms with E-state index < -0.39 is 0 Å². The lowest BCUT2D eigenvalue weighted by atomic mass is 10.0. The molecule has 0 aliphatic heterocycles. The number of ether oxygens (including phenoxy) is 1. The van der Waals surface area contributed by atoms with Crippen LogP contribution in [0.4, 0.5) is 0 Å². The fourth-order valence-electron chi connectivity index (χ4n) is 2.42. The smallest absolute Gasteiger partial charge is 0.0615 e. The maximum Gasteiger partial charge on any atom is 0.0615 e. The van der Waals surface area contributed by atoms with Crippen LogP contribution in [0, 0.1) is 0 Å². The molecule has 1 aromatic carbocycles. The van der Waals surface area contributed by atoms with Gasteiger partial charge in [0, 0.05) is 19.2 Å². The molecule has 0 spiro atoms. The molecule has 0 radical (unpaired) electrons. The molecule has 1 aromatic rings. The first-order valence-corrected chi connectivity index (χ1v) is 7.22. The Morgan fingerprint density at radius 2 is 1.95 bits per heavy atom. The van der Waals surface area contributed by atoms with Crippen molar-refractivity contribution in [3.63, 3.8) is 0 Å². The SMILES string of the molecule is CCN(CCCC(N)c1ccccc1)C(C)COC. The lowest BCUT2D eigenvalue weighted by molar-refractivity contribution is 0.101. The standard InChI is InChI=1S/C16H28N2O/c1-4-18(14(2)13-19-3)12-8-11-16(17)15-9-6-5-7-10-15/h5-7,9-10,14,16H,4,8,11-13,17H2,1-3H3. The Kier molecular flexibility index (Phi) is 7.72. The molecule has 2 unspecified atom stereocenters. The van der Waals surface area contributed by atoms with Gasteiger partial charge in [0.2, 0.25) is 0 Å². The van der Waals surface area contributed by atoms with Crippen molar-refractivity contribution in [1.29, 1.82) is 0 Å². The molecule has 108 valence electrons. The summed E-state index contributed by atoms with van der Waals surface area (Å²) >= 11 is 0. The summed E-state index contributed by atoms with van der Waals surface area (Å²) < 4.78 is 5.22. The monoisotopic (exact) mass is 264 g/mol. The number of nitrogens with zero attached hydrogens (tertiary/aromatic N) is 1. The first-order chi connectivity index (χ1) is 9.19. The maximum atomic E-state index is 6.21. The van der Waals surface area contributed by atoms with Gasteiger partial charge >= 0.3 is 0 Å². The highest BCUT2D eigenvalue weighted by molar-refractivity contribution is 5.18. The molecule has 0 saturated heterocycles. The largest absolute Gasteiger partial charge is 0.383 e. The van der Waals surface area contributed by atoms with Crippen molar-refractivity contribution in [2.24, 2.45) is 5.73 Å². The Bertz CT molecular complexity index is 329. The third kappa shape index (κ3) is 5.72. The highest BCUT2D eigenvalue weighted by Crippen LogP contribution is 2.15. The molecule has 0 amide bonds. The summed E-state index contributed by atoms with van der Waals surface area (Å²) in [7, 11) is 1.76. The van der Waals surface area contributed by atoms with Crippen molar-refractivity contribution in [3.05, 3.63) is 35.9 Å². The second kappa shape index (κ2) is 9.08. The summed E-state index contributed by atoms with van der Waals surface area (Å²) in [6, 6.07) is 11.0. The van der Waals surface area contributed by atoms with E-state index in [4.69, 9.17) is 10.5 Å². The molecular formula is C16H28N2O. The lowest BCUT2D eigenvalue weighted by Gasteiger charge is -2.27. The van der Waals surface area contributed by atoms with E-state index in [2.05, 4.69) is 30.9 Å². The van der Waals surface area contributed by atoms with Gasteiger partial charge in [0.1, 0.15) is 0 Å². The zero-order valence-electron chi connectivity index (χ0n) is 12.5. The van der Waals surface area contributed by atoms with Crippen molar-refractivity contribution in [2.45, 2.75) is 38.8 Å². The molecule has 2 N–H and O–H groups in total. The van der Waals surface area contributed by atoms with Gasteiger partial charge in [-0.3, -0.25) is 4.90 Å². The Morgan fingerprint density at radius 1 is 1.26 bits per heavy atom. The molecule has 3 nitrogen and oxygen atoms in total. The Balaban J connectivity index is 2.32. The van der Waals surface area contributed by atoms with Gasteiger partial charge in [-0.25, -0.2) is 0 Å². The minimum atomic E-state index is 0.151. The van der Waals surface area contributed by atoms with Crippen LogP contribution < -0.4 is 5.73 Å². The van der Waals surface area contributed by atoms with E-state index in [0.29, 0.717) is 6.04 Å². The number of methoxy groups -OCH3 is 1. The summed E-state index contributed by atoms with van der Waals surface area (Å²) in [6.07, 6.45) is 2.15. The van der Waals surface area contributed by atoms with Crippen molar-refractivity contribution in [1.82, 2.24) is 4.90 Å². The van der Waals surface area contributed by atoms with E-state index in [-0.39, 0.29) is 6.04 Å². The molecule has 0 saturated carbocycles. The highest BCUT2D eigenvalue weighted by atomic mass is 16.5. The average molecular weight is 264 g/mol. The van der Waals surface area contributed by atoms with Crippen LogP contribution >= 0.6 is 0 Å². The Hall–Kier alpha value is -0.900. The number of hydrogen-bond donors (Lipinski definition) is 1. The summed E-state index contributed by atoms with van der Waals surface area (Å²) in [6.45, 7) is 7.35. The molecule has 2 atom stereocenters.